The molecule has 1 atom stereocenters. The molecule has 1 fully saturated rings. The third-order valence-corrected chi connectivity index (χ3v) is 5.26. The van der Waals surface area contributed by atoms with Gasteiger partial charge in [-0.25, -0.2) is 4.98 Å². The van der Waals surface area contributed by atoms with Gasteiger partial charge in [0, 0.05) is 50.0 Å². The van der Waals surface area contributed by atoms with E-state index in [0.717, 1.165) is 32.5 Å². The van der Waals surface area contributed by atoms with E-state index in [4.69, 9.17) is 0 Å². The average molecular weight is 318 g/mol. The first-order valence-electron chi connectivity index (χ1n) is 7.68. The second-order valence-corrected chi connectivity index (χ2v) is 6.86. The third-order valence-electron chi connectivity index (χ3n) is 4.24. The highest BCUT2D eigenvalue weighted by Gasteiger charge is 2.22. The van der Waals surface area contributed by atoms with Crippen LogP contribution in [0.1, 0.15) is 23.3 Å². The first-order valence-corrected chi connectivity index (χ1v) is 8.56. The van der Waals surface area contributed by atoms with Crippen LogP contribution in [0.15, 0.2) is 28.6 Å². The van der Waals surface area contributed by atoms with Crippen molar-refractivity contribution in [3.05, 3.63) is 44.6 Å². The number of nitrogens with zero attached hydrogens (tertiary/aromatic N) is 3. The maximum Gasteiger partial charge on any atom is 0.293 e. The fraction of sp³-hybridized carbons (Fsp3) is 0.500. The first kappa shape index (κ1) is 15.2. The Morgan fingerprint density at radius 1 is 1.50 bits per heavy atom. The molecular weight excluding hydrogens is 296 g/mol. The standard InChI is InChI=1S/C16H22N4OS/c1-12-5-9-22-14(12)10-18-13-4-3-7-20(11-13)15-16(21)19(2)8-6-17-15/h5-6,8-9,13,18H,3-4,7,10-11H2,1-2H3/t13-/m1/s1. The van der Waals surface area contributed by atoms with E-state index in [0.29, 0.717) is 11.9 Å². The summed E-state index contributed by atoms with van der Waals surface area (Å²) in [6, 6.07) is 2.56. The quantitative estimate of drug-likeness (QED) is 0.935. The maximum atomic E-state index is 12.2. The fourth-order valence-corrected chi connectivity index (χ4v) is 3.72. The summed E-state index contributed by atoms with van der Waals surface area (Å²) in [6.45, 7) is 4.81. The van der Waals surface area contributed by atoms with Gasteiger partial charge in [0.1, 0.15) is 0 Å². The van der Waals surface area contributed by atoms with Gasteiger partial charge in [-0.3, -0.25) is 4.79 Å². The highest BCUT2D eigenvalue weighted by atomic mass is 32.1. The van der Waals surface area contributed by atoms with Gasteiger partial charge >= 0.3 is 0 Å². The van der Waals surface area contributed by atoms with Gasteiger partial charge in [0.2, 0.25) is 0 Å². The van der Waals surface area contributed by atoms with Gasteiger partial charge in [-0.2, -0.15) is 0 Å². The van der Waals surface area contributed by atoms with Gasteiger partial charge in [0.05, 0.1) is 0 Å². The van der Waals surface area contributed by atoms with Gasteiger partial charge in [0.25, 0.3) is 5.56 Å². The first-order chi connectivity index (χ1) is 10.6. The Labute approximate surface area is 134 Å². The summed E-state index contributed by atoms with van der Waals surface area (Å²) >= 11 is 1.80. The molecule has 0 unspecified atom stereocenters. The Kier molecular flexibility index (Phi) is 4.59. The Bertz CT molecular complexity index is 693. The molecule has 1 aliphatic rings. The Balaban J connectivity index is 1.65. The molecule has 6 heteroatoms. The normalized spacial score (nSPS) is 18.6. The highest BCUT2D eigenvalue weighted by molar-refractivity contribution is 7.10. The van der Waals surface area contributed by atoms with Gasteiger partial charge in [-0.1, -0.05) is 0 Å². The van der Waals surface area contributed by atoms with E-state index in [1.807, 2.05) is 0 Å². The van der Waals surface area contributed by atoms with Crippen molar-refractivity contribution < 1.29 is 0 Å². The van der Waals surface area contributed by atoms with Crippen LogP contribution < -0.4 is 15.8 Å². The Hall–Kier alpha value is -1.66. The van der Waals surface area contributed by atoms with E-state index in [1.165, 1.54) is 10.4 Å². The smallest absolute Gasteiger partial charge is 0.293 e. The van der Waals surface area contributed by atoms with Crippen LogP contribution >= 0.6 is 11.3 Å². The minimum Gasteiger partial charge on any atom is -0.350 e. The largest absolute Gasteiger partial charge is 0.350 e. The fourth-order valence-electron chi connectivity index (χ4n) is 2.86. The molecular formula is C16H22N4OS. The van der Waals surface area contributed by atoms with Gasteiger partial charge in [-0.05, 0) is 36.8 Å². The van der Waals surface area contributed by atoms with Crippen molar-refractivity contribution in [3.63, 3.8) is 0 Å². The lowest BCUT2D eigenvalue weighted by atomic mass is 10.1. The van der Waals surface area contributed by atoms with E-state index in [9.17, 15) is 4.79 Å². The number of rotatable bonds is 4. The Morgan fingerprint density at radius 3 is 3.14 bits per heavy atom. The summed E-state index contributed by atoms with van der Waals surface area (Å²) in [5.74, 6) is 0.573. The molecule has 3 rings (SSSR count). The lowest BCUT2D eigenvalue weighted by molar-refractivity contribution is 0.420. The number of hydrogen-bond donors (Lipinski definition) is 1. The van der Waals surface area contributed by atoms with E-state index < -0.39 is 0 Å². The molecule has 0 aromatic carbocycles. The minimum atomic E-state index is -0.0164. The molecule has 22 heavy (non-hydrogen) atoms. The average Bonchev–Trinajstić information content (AvgIpc) is 2.93. The summed E-state index contributed by atoms with van der Waals surface area (Å²) in [5.41, 5.74) is 1.33. The van der Waals surface area contributed by atoms with E-state index in [-0.39, 0.29) is 5.56 Å². The van der Waals surface area contributed by atoms with Crippen LogP contribution in [-0.2, 0) is 13.6 Å². The van der Waals surface area contributed by atoms with E-state index >= 15 is 0 Å². The van der Waals surface area contributed by atoms with Crippen molar-refractivity contribution >= 4 is 17.2 Å². The third kappa shape index (κ3) is 3.23. The van der Waals surface area contributed by atoms with Crippen LogP contribution in [0.2, 0.25) is 0 Å². The summed E-state index contributed by atoms with van der Waals surface area (Å²) < 4.78 is 1.59. The summed E-state index contributed by atoms with van der Waals surface area (Å²) in [5, 5.41) is 5.77. The van der Waals surface area contributed by atoms with Crippen molar-refractivity contribution in [2.24, 2.45) is 7.05 Å². The summed E-state index contributed by atoms with van der Waals surface area (Å²) in [4.78, 5) is 20.0. The van der Waals surface area contributed by atoms with Crippen molar-refractivity contribution in [3.8, 4) is 0 Å². The predicted molar refractivity (Wildman–Crippen MR) is 90.6 cm³/mol. The molecule has 0 bridgehead atoms. The maximum absolute atomic E-state index is 12.2. The van der Waals surface area contributed by atoms with Crippen molar-refractivity contribution in [1.82, 2.24) is 14.9 Å². The summed E-state index contributed by atoms with van der Waals surface area (Å²) in [6.07, 6.45) is 5.63. The molecule has 2 aromatic heterocycles. The van der Waals surface area contributed by atoms with Gasteiger partial charge < -0.3 is 14.8 Å². The van der Waals surface area contributed by atoms with Crippen LogP contribution in [0.3, 0.4) is 0 Å². The molecule has 0 aliphatic carbocycles. The molecule has 118 valence electrons. The summed E-state index contributed by atoms with van der Waals surface area (Å²) in [7, 11) is 1.77. The lowest BCUT2D eigenvalue weighted by Gasteiger charge is -2.33. The number of aryl methyl sites for hydroxylation is 2. The van der Waals surface area contributed by atoms with E-state index in [1.54, 1.807) is 35.3 Å². The van der Waals surface area contributed by atoms with Crippen LogP contribution in [0.5, 0.6) is 0 Å². The van der Waals surface area contributed by atoms with Crippen LogP contribution in [0.4, 0.5) is 5.82 Å². The molecule has 1 N–H and O–H groups in total. The topological polar surface area (TPSA) is 50.2 Å². The lowest BCUT2D eigenvalue weighted by Crippen LogP contribution is -2.47. The zero-order chi connectivity index (χ0) is 15.5. The van der Waals surface area contributed by atoms with Crippen molar-refractivity contribution in [1.29, 1.82) is 0 Å². The second-order valence-electron chi connectivity index (χ2n) is 5.86. The molecule has 3 heterocycles. The molecule has 2 aromatic rings. The molecule has 1 aliphatic heterocycles. The minimum absolute atomic E-state index is 0.0164. The molecule has 0 spiro atoms. The molecule has 0 amide bonds. The zero-order valence-electron chi connectivity index (χ0n) is 13.1. The number of thiophene rings is 1. The van der Waals surface area contributed by atoms with Crippen molar-refractivity contribution in [2.75, 3.05) is 18.0 Å². The number of anilines is 1. The van der Waals surface area contributed by atoms with E-state index in [2.05, 4.69) is 33.6 Å². The van der Waals surface area contributed by atoms with Crippen LogP contribution in [0, 0.1) is 6.92 Å². The molecule has 0 saturated carbocycles. The highest BCUT2D eigenvalue weighted by Crippen LogP contribution is 2.18. The SMILES string of the molecule is Cc1ccsc1CN[C@@H]1CCCN(c2nccn(C)c2=O)C1. The van der Waals surface area contributed by atoms with Gasteiger partial charge in [0.15, 0.2) is 5.82 Å². The predicted octanol–water partition coefficient (Wildman–Crippen LogP) is 1.91. The van der Waals surface area contributed by atoms with Crippen LogP contribution in [-0.4, -0.2) is 28.7 Å². The van der Waals surface area contributed by atoms with Crippen LogP contribution in [0.25, 0.3) is 0 Å². The number of nitrogens with one attached hydrogen (secondary N) is 1. The van der Waals surface area contributed by atoms with Crippen molar-refractivity contribution in [2.45, 2.75) is 32.4 Å². The van der Waals surface area contributed by atoms with Gasteiger partial charge in [-0.15, -0.1) is 11.3 Å². The number of piperidine rings is 1. The Morgan fingerprint density at radius 2 is 2.36 bits per heavy atom. The molecule has 1 saturated heterocycles. The number of aromatic nitrogens is 2. The zero-order valence-corrected chi connectivity index (χ0v) is 13.9. The molecule has 0 radical (unpaired) electrons. The number of hydrogen-bond acceptors (Lipinski definition) is 5. The second kappa shape index (κ2) is 6.62. The molecule has 5 nitrogen and oxygen atoms in total. The monoisotopic (exact) mass is 318 g/mol.